The van der Waals surface area contributed by atoms with Crippen LogP contribution in [0.4, 0.5) is 0 Å². The Morgan fingerprint density at radius 3 is 2.48 bits per heavy atom. The molecule has 0 radical (unpaired) electrons. The highest BCUT2D eigenvalue weighted by Crippen LogP contribution is 2.19. The second-order valence-corrected chi connectivity index (χ2v) is 5.39. The van der Waals surface area contributed by atoms with Gasteiger partial charge in [0.05, 0.1) is 12.7 Å². The maximum Gasteiger partial charge on any atom is 0.135 e. The van der Waals surface area contributed by atoms with Crippen molar-refractivity contribution in [2.75, 3.05) is 7.11 Å². The highest BCUT2D eigenvalue weighted by Gasteiger charge is 2.01. The summed E-state index contributed by atoms with van der Waals surface area (Å²) >= 11 is 0. The quantitative estimate of drug-likeness (QED) is 0.516. The Bertz CT molecular complexity index is 648. The minimum atomic E-state index is 0.526. The van der Waals surface area contributed by atoms with Crippen LogP contribution in [-0.2, 0) is 6.61 Å². The molecule has 2 aromatic rings. The maximum absolute atomic E-state index is 5.93. The lowest BCUT2D eigenvalue weighted by Crippen LogP contribution is -1.97. The summed E-state index contributed by atoms with van der Waals surface area (Å²) in [5, 5.41) is 0. The summed E-state index contributed by atoms with van der Waals surface area (Å²) in [5.74, 6) is 8.17. The van der Waals surface area contributed by atoms with Crippen LogP contribution in [0.1, 0.15) is 43.7 Å². The van der Waals surface area contributed by atoms with Crippen LogP contribution in [0.25, 0.3) is 0 Å². The monoisotopic (exact) mass is 308 g/mol. The Hall–Kier alpha value is -2.40. The van der Waals surface area contributed by atoms with Crippen LogP contribution in [0, 0.1) is 11.8 Å². The molecule has 2 heteroatoms. The first-order valence-corrected chi connectivity index (χ1v) is 8.17. The minimum absolute atomic E-state index is 0.526. The fourth-order valence-corrected chi connectivity index (χ4v) is 2.20. The van der Waals surface area contributed by atoms with E-state index in [1.807, 2.05) is 48.5 Å². The molecule has 0 unspecified atom stereocenters. The van der Waals surface area contributed by atoms with Gasteiger partial charge in [0.1, 0.15) is 18.1 Å². The van der Waals surface area contributed by atoms with Crippen LogP contribution in [0.15, 0.2) is 48.5 Å². The molecule has 2 nitrogen and oxygen atoms in total. The fraction of sp³-hybridized carbons (Fsp3) is 0.333. The van der Waals surface area contributed by atoms with Gasteiger partial charge >= 0.3 is 0 Å². The van der Waals surface area contributed by atoms with Gasteiger partial charge in [-0.1, -0.05) is 55.9 Å². The number of ether oxygens (including phenoxy) is 2. The Balaban J connectivity index is 1.96. The molecule has 0 fully saturated rings. The van der Waals surface area contributed by atoms with Gasteiger partial charge in [-0.05, 0) is 36.2 Å². The Labute approximate surface area is 139 Å². The van der Waals surface area contributed by atoms with E-state index in [9.17, 15) is 0 Å². The molecule has 0 amide bonds. The first kappa shape index (κ1) is 17.0. The highest BCUT2D eigenvalue weighted by molar-refractivity contribution is 5.46. The summed E-state index contributed by atoms with van der Waals surface area (Å²) in [4.78, 5) is 0. The van der Waals surface area contributed by atoms with Crippen molar-refractivity contribution in [3.63, 3.8) is 0 Å². The maximum atomic E-state index is 5.93. The minimum Gasteiger partial charge on any atom is -0.497 e. The van der Waals surface area contributed by atoms with E-state index in [0.717, 1.165) is 29.0 Å². The van der Waals surface area contributed by atoms with Crippen molar-refractivity contribution in [1.29, 1.82) is 0 Å². The lowest BCUT2D eigenvalue weighted by atomic mass is 10.1. The lowest BCUT2D eigenvalue weighted by molar-refractivity contribution is 0.305. The topological polar surface area (TPSA) is 18.5 Å². The van der Waals surface area contributed by atoms with Gasteiger partial charge in [0.15, 0.2) is 0 Å². The summed E-state index contributed by atoms with van der Waals surface area (Å²) < 4.78 is 11.1. The van der Waals surface area contributed by atoms with Crippen molar-refractivity contribution in [3.05, 3.63) is 59.7 Å². The van der Waals surface area contributed by atoms with Gasteiger partial charge in [0.25, 0.3) is 0 Å². The molecule has 0 saturated carbocycles. The van der Waals surface area contributed by atoms with Crippen LogP contribution in [0.3, 0.4) is 0 Å². The molecule has 0 saturated heterocycles. The van der Waals surface area contributed by atoms with E-state index in [0.29, 0.717) is 6.61 Å². The van der Waals surface area contributed by atoms with Crippen molar-refractivity contribution in [2.24, 2.45) is 0 Å². The molecule has 0 aliphatic rings. The van der Waals surface area contributed by atoms with Crippen molar-refractivity contribution in [3.8, 4) is 23.3 Å². The van der Waals surface area contributed by atoms with Gasteiger partial charge in [0.2, 0.25) is 0 Å². The SMILES string of the molecule is CCCCCC#Cc1ccccc1OCc1ccc(OC)cc1. The molecule has 0 aliphatic carbocycles. The van der Waals surface area contributed by atoms with Crippen molar-refractivity contribution < 1.29 is 9.47 Å². The van der Waals surface area contributed by atoms with Crippen LogP contribution in [0.2, 0.25) is 0 Å². The van der Waals surface area contributed by atoms with Gasteiger partial charge in [-0.15, -0.1) is 0 Å². The number of unbranched alkanes of at least 4 members (excludes halogenated alkanes) is 3. The van der Waals surface area contributed by atoms with E-state index < -0.39 is 0 Å². The molecule has 0 N–H and O–H groups in total. The summed E-state index contributed by atoms with van der Waals surface area (Å²) in [6.45, 7) is 2.73. The molecular formula is C21H24O2. The van der Waals surface area contributed by atoms with E-state index in [1.54, 1.807) is 7.11 Å². The Morgan fingerprint density at radius 2 is 1.74 bits per heavy atom. The average Bonchev–Trinajstić information content (AvgIpc) is 2.61. The third kappa shape index (κ3) is 5.71. The van der Waals surface area contributed by atoms with Gasteiger partial charge in [-0.2, -0.15) is 0 Å². The standard InChI is InChI=1S/C21H24O2/c1-3-4-5-6-7-10-19-11-8-9-12-21(19)23-17-18-13-15-20(22-2)16-14-18/h8-9,11-16H,3-6,17H2,1-2H3. The molecule has 0 aromatic heterocycles. The van der Waals surface area contributed by atoms with Crippen LogP contribution in [-0.4, -0.2) is 7.11 Å². The van der Waals surface area contributed by atoms with E-state index >= 15 is 0 Å². The summed E-state index contributed by atoms with van der Waals surface area (Å²) in [6.07, 6.45) is 4.58. The zero-order valence-electron chi connectivity index (χ0n) is 14.0. The normalized spacial score (nSPS) is 9.83. The van der Waals surface area contributed by atoms with E-state index in [1.165, 1.54) is 19.3 Å². The van der Waals surface area contributed by atoms with E-state index in [-0.39, 0.29) is 0 Å². The van der Waals surface area contributed by atoms with Gasteiger partial charge in [0, 0.05) is 6.42 Å². The third-order valence-corrected chi connectivity index (χ3v) is 3.57. The zero-order valence-corrected chi connectivity index (χ0v) is 14.0. The molecule has 0 aliphatic heterocycles. The number of hydrogen-bond acceptors (Lipinski definition) is 2. The average molecular weight is 308 g/mol. The van der Waals surface area contributed by atoms with Crippen molar-refractivity contribution >= 4 is 0 Å². The van der Waals surface area contributed by atoms with E-state index in [4.69, 9.17) is 9.47 Å². The molecule has 2 aromatic carbocycles. The Kier molecular flexibility index (Phi) is 7.07. The van der Waals surface area contributed by atoms with E-state index in [2.05, 4.69) is 18.8 Å². The fourth-order valence-electron chi connectivity index (χ4n) is 2.20. The smallest absolute Gasteiger partial charge is 0.135 e. The summed E-state index contributed by atoms with van der Waals surface area (Å²) in [7, 11) is 1.67. The third-order valence-electron chi connectivity index (χ3n) is 3.57. The van der Waals surface area contributed by atoms with Gasteiger partial charge in [-0.3, -0.25) is 0 Å². The first-order valence-electron chi connectivity index (χ1n) is 8.17. The number of rotatable bonds is 7. The molecule has 23 heavy (non-hydrogen) atoms. The predicted molar refractivity (Wildman–Crippen MR) is 94.8 cm³/mol. The second-order valence-electron chi connectivity index (χ2n) is 5.39. The van der Waals surface area contributed by atoms with Crippen LogP contribution >= 0.6 is 0 Å². The predicted octanol–water partition coefficient (Wildman–Crippen LogP) is 5.21. The first-order chi connectivity index (χ1) is 11.3. The van der Waals surface area contributed by atoms with Crippen LogP contribution in [0.5, 0.6) is 11.5 Å². The van der Waals surface area contributed by atoms with Crippen LogP contribution < -0.4 is 9.47 Å². The number of benzene rings is 2. The van der Waals surface area contributed by atoms with Crippen molar-refractivity contribution in [1.82, 2.24) is 0 Å². The number of para-hydroxylation sites is 1. The molecule has 0 atom stereocenters. The summed E-state index contributed by atoms with van der Waals surface area (Å²) in [6, 6.07) is 15.9. The van der Waals surface area contributed by atoms with Gasteiger partial charge in [-0.25, -0.2) is 0 Å². The zero-order chi connectivity index (χ0) is 16.3. The Morgan fingerprint density at radius 1 is 0.957 bits per heavy atom. The lowest BCUT2D eigenvalue weighted by Gasteiger charge is -2.08. The van der Waals surface area contributed by atoms with Gasteiger partial charge < -0.3 is 9.47 Å². The molecule has 0 spiro atoms. The molecular weight excluding hydrogens is 284 g/mol. The summed E-state index contributed by atoms with van der Waals surface area (Å²) in [5.41, 5.74) is 2.06. The molecule has 120 valence electrons. The van der Waals surface area contributed by atoms with Crippen molar-refractivity contribution in [2.45, 2.75) is 39.2 Å². The number of hydrogen-bond donors (Lipinski definition) is 0. The largest absolute Gasteiger partial charge is 0.497 e. The highest BCUT2D eigenvalue weighted by atomic mass is 16.5. The molecule has 0 heterocycles. The number of methoxy groups -OCH3 is 1. The molecule has 0 bridgehead atoms. The second kappa shape index (κ2) is 9.58. The molecule has 2 rings (SSSR count).